The number of ketones is 1. The van der Waals surface area contributed by atoms with Crippen molar-refractivity contribution >= 4 is 44.7 Å². The Morgan fingerprint density at radius 1 is 1.16 bits per heavy atom. The molecule has 0 spiro atoms. The maximum absolute atomic E-state index is 14.0. The summed E-state index contributed by atoms with van der Waals surface area (Å²) in [5.74, 6) is -0.744. The predicted octanol–water partition coefficient (Wildman–Crippen LogP) is 3.34. The number of Topliss-reactive ketones (excluding diaryl/α,β-unsaturated/α-hetero) is 1. The molecule has 2 unspecified atom stereocenters. The Labute approximate surface area is 225 Å². The van der Waals surface area contributed by atoms with E-state index in [4.69, 9.17) is 17.2 Å². The van der Waals surface area contributed by atoms with Gasteiger partial charge in [0.15, 0.2) is 5.78 Å². The van der Waals surface area contributed by atoms with E-state index in [-0.39, 0.29) is 35.6 Å². The summed E-state index contributed by atoms with van der Waals surface area (Å²) in [6.07, 6.45) is 3.57. The van der Waals surface area contributed by atoms with Gasteiger partial charge in [0, 0.05) is 28.7 Å². The Morgan fingerprint density at radius 3 is 2.55 bits per heavy atom. The van der Waals surface area contributed by atoms with Crippen LogP contribution < -0.4 is 27.8 Å². The number of thiophene rings is 1. The fourth-order valence-corrected chi connectivity index (χ4v) is 6.97. The minimum atomic E-state index is -1.48. The number of anilines is 1. The van der Waals surface area contributed by atoms with Gasteiger partial charge in [-0.1, -0.05) is 50.8 Å². The Kier molecular flexibility index (Phi) is 6.63. The van der Waals surface area contributed by atoms with Gasteiger partial charge >= 0.3 is 0 Å². The van der Waals surface area contributed by atoms with E-state index in [0.717, 1.165) is 24.8 Å². The summed E-state index contributed by atoms with van der Waals surface area (Å²) in [4.78, 5) is 39.8. The van der Waals surface area contributed by atoms with Crippen LogP contribution in [-0.2, 0) is 15.1 Å². The lowest BCUT2D eigenvalue weighted by Gasteiger charge is -2.37. The van der Waals surface area contributed by atoms with Gasteiger partial charge in [0.2, 0.25) is 5.91 Å². The minimum Gasteiger partial charge on any atom is -0.398 e. The number of carbonyl (C=O) groups is 3. The summed E-state index contributed by atoms with van der Waals surface area (Å²) in [6, 6.07) is 9.68. The third kappa shape index (κ3) is 4.02. The van der Waals surface area contributed by atoms with Gasteiger partial charge in [0.25, 0.3) is 5.91 Å². The highest BCUT2D eigenvalue weighted by molar-refractivity contribution is 7.21. The number of benzene rings is 2. The number of hydrogen-bond acceptors (Lipinski definition) is 7. The van der Waals surface area contributed by atoms with Crippen LogP contribution in [0, 0.1) is 0 Å². The largest absolute Gasteiger partial charge is 0.398 e. The Balaban J connectivity index is 1.61. The van der Waals surface area contributed by atoms with Crippen molar-refractivity contribution in [3.63, 3.8) is 0 Å². The SMILES string of the molecule is C=CC(=O)N[C@H]1CCC[C@H]1NC(=O)c1sc2c(N)ccc3c2c1C(N)C(=O)C3(N)c1cccc(C(C)C)c1. The molecule has 0 aliphatic heterocycles. The van der Waals surface area contributed by atoms with Gasteiger partial charge in [0.1, 0.15) is 5.54 Å². The van der Waals surface area contributed by atoms with Gasteiger partial charge in [-0.3, -0.25) is 14.4 Å². The first-order valence-corrected chi connectivity index (χ1v) is 13.7. The standard InChI is InChI=1S/C29H33N5O3S/c1-4-21(35)33-19-9-6-10-20(19)34-28(37)26-23-22-17(11-12-18(30)25(22)38-26)29(32,27(36)24(23)31)16-8-5-7-15(13-16)14(2)3/h4-5,7-8,11-14,19-20,24H,1,6,9-10,30-32H2,2-3H3,(H,33,35)(H,34,37)/t19-,20+,24?,29?/m0/s1. The van der Waals surface area contributed by atoms with Crippen molar-refractivity contribution in [2.24, 2.45) is 11.5 Å². The van der Waals surface area contributed by atoms with E-state index in [0.29, 0.717) is 37.3 Å². The second-order valence-corrected chi connectivity index (χ2v) is 11.5. The molecule has 1 aromatic heterocycles. The summed E-state index contributed by atoms with van der Waals surface area (Å²) < 4.78 is 0.684. The average molecular weight is 532 g/mol. The van der Waals surface area contributed by atoms with E-state index in [1.54, 1.807) is 12.1 Å². The molecule has 5 rings (SSSR count). The highest BCUT2D eigenvalue weighted by atomic mass is 32.1. The van der Waals surface area contributed by atoms with E-state index in [1.165, 1.54) is 17.4 Å². The molecule has 4 atom stereocenters. The molecule has 198 valence electrons. The predicted molar refractivity (Wildman–Crippen MR) is 151 cm³/mol. The second-order valence-electron chi connectivity index (χ2n) is 10.5. The molecule has 2 aliphatic rings. The first-order chi connectivity index (χ1) is 18.1. The van der Waals surface area contributed by atoms with Crippen molar-refractivity contribution in [3.05, 3.63) is 76.2 Å². The molecular formula is C29H33N5O3S. The van der Waals surface area contributed by atoms with Crippen molar-refractivity contribution in [2.45, 2.75) is 62.7 Å². The lowest BCUT2D eigenvalue weighted by atomic mass is 9.70. The first-order valence-electron chi connectivity index (χ1n) is 12.9. The summed E-state index contributed by atoms with van der Waals surface area (Å²) in [6.45, 7) is 7.66. The van der Waals surface area contributed by atoms with Crippen molar-refractivity contribution in [1.29, 1.82) is 0 Å². The van der Waals surface area contributed by atoms with Crippen molar-refractivity contribution < 1.29 is 14.4 Å². The van der Waals surface area contributed by atoms with Gasteiger partial charge in [-0.2, -0.15) is 0 Å². The Morgan fingerprint density at radius 2 is 1.87 bits per heavy atom. The van der Waals surface area contributed by atoms with Crippen molar-refractivity contribution in [1.82, 2.24) is 10.6 Å². The number of rotatable bonds is 6. The number of hydrogen-bond donors (Lipinski definition) is 5. The van der Waals surface area contributed by atoms with Crippen LogP contribution in [0.15, 0.2) is 49.1 Å². The zero-order valence-corrected chi connectivity index (χ0v) is 22.4. The minimum absolute atomic E-state index is 0.198. The van der Waals surface area contributed by atoms with Gasteiger partial charge in [0.05, 0.1) is 15.6 Å². The fourth-order valence-electron chi connectivity index (χ4n) is 5.77. The third-order valence-corrected chi connectivity index (χ3v) is 9.13. The van der Waals surface area contributed by atoms with Crippen molar-refractivity contribution in [2.75, 3.05) is 5.73 Å². The van der Waals surface area contributed by atoms with Crippen LogP contribution in [0.3, 0.4) is 0 Å². The van der Waals surface area contributed by atoms with Crippen molar-refractivity contribution in [3.8, 4) is 0 Å². The van der Waals surface area contributed by atoms with Crippen LogP contribution in [-0.4, -0.2) is 29.7 Å². The number of nitrogens with one attached hydrogen (secondary N) is 2. The van der Waals surface area contributed by atoms with E-state index in [9.17, 15) is 14.4 Å². The number of carbonyl (C=O) groups excluding carboxylic acids is 3. The molecule has 0 radical (unpaired) electrons. The van der Waals surface area contributed by atoms with Crippen LogP contribution in [0.4, 0.5) is 5.69 Å². The van der Waals surface area contributed by atoms with Crippen LogP contribution >= 0.6 is 11.3 Å². The Bertz CT molecular complexity index is 1480. The van der Waals surface area contributed by atoms with Gasteiger partial charge in [-0.05, 0) is 54.0 Å². The monoisotopic (exact) mass is 531 g/mol. The highest BCUT2D eigenvalue weighted by Gasteiger charge is 2.49. The van der Waals surface area contributed by atoms with E-state index >= 15 is 0 Å². The normalized spacial score (nSPS) is 24.6. The number of amides is 2. The molecule has 8 nitrogen and oxygen atoms in total. The lowest BCUT2D eigenvalue weighted by molar-refractivity contribution is -0.124. The highest BCUT2D eigenvalue weighted by Crippen LogP contribution is 2.49. The molecule has 2 aromatic carbocycles. The van der Waals surface area contributed by atoms with Crippen LogP contribution in [0.25, 0.3) is 10.1 Å². The topological polar surface area (TPSA) is 153 Å². The molecule has 0 bridgehead atoms. The molecule has 38 heavy (non-hydrogen) atoms. The molecule has 3 aromatic rings. The van der Waals surface area contributed by atoms with E-state index in [2.05, 4.69) is 31.1 Å². The smallest absolute Gasteiger partial charge is 0.262 e. The molecule has 9 heteroatoms. The number of nitrogens with two attached hydrogens (primary N) is 3. The van der Waals surface area contributed by atoms with Gasteiger partial charge in [-0.15, -0.1) is 11.3 Å². The van der Waals surface area contributed by atoms with Crippen LogP contribution in [0.1, 0.15) is 77.0 Å². The third-order valence-electron chi connectivity index (χ3n) is 7.87. The molecule has 2 aliphatic carbocycles. The molecule has 1 heterocycles. The molecule has 1 fully saturated rings. The maximum Gasteiger partial charge on any atom is 0.262 e. The van der Waals surface area contributed by atoms with E-state index < -0.39 is 11.6 Å². The zero-order valence-electron chi connectivity index (χ0n) is 21.5. The lowest BCUT2D eigenvalue weighted by Crippen LogP contribution is -2.53. The summed E-state index contributed by atoms with van der Waals surface area (Å²) in [5, 5.41) is 6.63. The fraction of sp³-hybridized carbons (Fsp3) is 0.345. The van der Waals surface area contributed by atoms with Crippen LogP contribution in [0.5, 0.6) is 0 Å². The van der Waals surface area contributed by atoms with Gasteiger partial charge < -0.3 is 27.8 Å². The molecule has 2 amide bonds. The summed E-state index contributed by atoms with van der Waals surface area (Å²) in [5.41, 5.74) is 21.7. The quantitative estimate of drug-likeness (QED) is 0.243. The maximum atomic E-state index is 14.0. The summed E-state index contributed by atoms with van der Waals surface area (Å²) in [7, 11) is 0. The summed E-state index contributed by atoms with van der Waals surface area (Å²) >= 11 is 1.22. The number of nitrogen functional groups attached to an aromatic ring is 1. The molecular weight excluding hydrogens is 498 g/mol. The van der Waals surface area contributed by atoms with Gasteiger partial charge in [-0.25, -0.2) is 0 Å². The molecule has 0 saturated heterocycles. The second kappa shape index (κ2) is 9.65. The van der Waals surface area contributed by atoms with E-state index in [1.807, 2.05) is 24.3 Å². The average Bonchev–Trinajstić information content (AvgIpc) is 3.52. The molecule has 1 saturated carbocycles. The zero-order chi connectivity index (χ0) is 27.4. The first kappa shape index (κ1) is 26.1. The molecule has 8 N–H and O–H groups in total. The Hall–Kier alpha value is -3.53. The van der Waals surface area contributed by atoms with Crippen LogP contribution in [0.2, 0.25) is 0 Å².